The zero-order chi connectivity index (χ0) is 9.03. The topological polar surface area (TPSA) is 32.3 Å². The fraction of sp³-hybridized carbons (Fsp3) is 1.00. The Morgan fingerprint density at radius 2 is 2.60 bits per heavy atom. The third kappa shape index (κ3) is 1.96. The molecule has 0 aromatic heterocycles. The summed E-state index contributed by atoms with van der Waals surface area (Å²) in [6, 6.07) is 0.191. The lowest BCUT2D eigenvalue weighted by atomic mass is 9.83. The van der Waals surface area contributed by atoms with Gasteiger partial charge in [-0.25, -0.2) is 0 Å². The van der Waals surface area contributed by atoms with Crippen LogP contribution in [0.15, 0.2) is 0 Å². The number of aliphatic hydroxyl groups is 1. The van der Waals surface area contributed by atoms with Gasteiger partial charge in [-0.1, -0.05) is 13.8 Å². The molecule has 0 aromatic rings. The Morgan fingerprint density at radius 1 is 1.80 bits per heavy atom. The van der Waals surface area contributed by atoms with Crippen molar-refractivity contribution < 1.29 is 7.85 Å². The van der Waals surface area contributed by atoms with Gasteiger partial charge < -0.3 is 10.4 Å². The Labute approximate surface area is 65.4 Å². The predicted molar refractivity (Wildman–Crippen MR) is 41.9 cm³/mol. The van der Waals surface area contributed by atoms with Gasteiger partial charge in [-0.15, -0.1) is 0 Å². The SMILES string of the molecule is [2H]CC1(C[2H])CCC(CO)NC1. The normalized spacial score (nSPS) is 34.7. The highest BCUT2D eigenvalue weighted by Crippen LogP contribution is 2.25. The highest BCUT2D eigenvalue weighted by molar-refractivity contribution is 4.82. The van der Waals surface area contributed by atoms with Gasteiger partial charge in [-0.3, -0.25) is 0 Å². The molecular weight excluding hydrogens is 126 g/mol. The fourth-order valence-electron chi connectivity index (χ4n) is 1.19. The standard InChI is InChI=1S/C8H17NO/c1-8(2)4-3-7(5-10)9-6-8/h7,9-10H,3-6H2,1-2H3/i1D,2D. The molecule has 1 saturated heterocycles. The zero-order valence-corrected chi connectivity index (χ0v) is 6.27. The molecule has 1 heterocycles. The first-order valence-electron chi connectivity index (χ1n) is 5.10. The third-order valence-electron chi connectivity index (χ3n) is 2.01. The molecule has 1 rings (SSSR count). The van der Waals surface area contributed by atoms with Crippen LogP contribution in [0.2, 0.25) is 0 Å². The summed E-state index contributed by atoms with van der Waals surface area (Å²) in [5, 5.41) is 12.0. The molecule has 1 aliphatic rings. The van der Waals surface area contributed by atoms with Gasteiger partial charge in [0.1, 0.15) is 0 Å². The number of hydrogen-bond acceptors (Lipinski definition) is 2. The molecule has 2 heteroatoms. The minimum atomic E-state index is -0.147. The van der Waals surface area contributed by atoms with E-state index < -0.39 is 0 Å². The summed E-state index contributed by atoms with van der Waals surface area (Å²) in [4.78, 5) is 0. The number of aliphatic hydroxyl groups excluding tert-OH is 1. The Balaban J connectivity index is 2.42. The summed E-state index contributed by atoms with van der Waals surface area (Å²) in [6.45, 7) is 1.53. The number of piperidine rings is 1. The lowest BCUT2D eigenvalue weighted by Crippen LogP contribution is -2.44. The summed E-state index contributed by atoms with van der Waals surface area (Å²) in [6.07, 6.45) is 1.80. The lowest BCUT2D eigenvalue weighted by molar-refractivity contribution is 0.163. The van der Waals surface area contributed by atoms with Gasteiger partial charge in [0.15, 0.2) is 0 Å². The van der Waals surface area contributed by atoms with E-state index in [1.54, 1.807) is 0 Å². The van der Waals surface area contributed by atoms with E-state index in [1.165, 1.54) is 0 Å². The van der Waals surface area contributed by atoms with Crippen LogP contribution in [-0.4, -0.2) is 24.3 Å². The lowest BCUT2D eigenvalue weighted by Gasteiger charge is -2.34. The molecule has 0 amide bonds. The number of rotatable bonds is 1. The van der Waals surface area contributed by atoms with Gasteiger partial charge in [0.25, 0.3) is 0 Å². The number of hydrogen-bond donors (Lipinski definition) is 2. The molecule has 1 aliphatic heterocycles. The van der Waals surface area contributed by atoms with Crippen molar-refractivity contribution in [3.05, 3.63) is 0 Å². The van der Waals surface area contributed by atoms with Crippen LogP contribution in [-0.2, 0) is 0 Å². The second-order valence-electron chi connectivity index (χ2n) is 3.30. The van der Waals surface area contributed by atoms with Crippen molar-refractivity contribution in [1.29, 1.82) is 0 Å². The van der Waals surface area contributed by atoms with Crippen molar-refractivity contribution in [2.75, 3.05) is 13.2 Å². The van der Waals surface area contributed by atoms with Gasteiger partial charge in [0, 0.05) is 15.3 Å². The van der Waals surface area contributed by atoms with Gasteiger partial charge >= 0.3 is 0 Å². The number of nitrogens with one attached hydrogen (secondary N) is 1. The van der Waals surface area contributed by atoms with E-state index in [2.05, 4.69) is 5.32 Å². The Hall–Kier alpha value is -0.0800. The van der Waals surface area contributed by atoms with Crippen LogP contribution in [0.3, 0.4) is 0 Å². The monoisotopic (exact) mass is 145 g/mol. The molecule has 0 bridgehead atoms. The van der Waals surface area contributed by atoms with Crippen LogP contribution >= 0.6 is 0 Å². The van der Waals surface area contributed by atoms with Crippen LogP contribution in [0.25, 0.3) is 0 Å². The molecule has 0 saturated carbocycles. The summed E-state index contributed by atoms with van der Waals surface area (Å²) >= 11 is 0. The first-order chi connectivity index (χ1) is 5.76. The van der Waals surface area contributed by atoms with E-state index in [-0.39, 0.29) is 18.1 Å². The molecule has 10 heavy (non-hydrogen) atoms. The maximum atomic E-state index is 8.85. The summed E-state index contributed by atoms with van der Waals surface area (Å²) in [5.41, 5.74) is -0.147. The van der Waals surface area contributed by atoms with Crippen molar-refractivity contribution in [3.8, 4) is 0 Å². The quantitative estimate of drug-likeness (QED) is 0.571. The van der Waals surface area contributed by atoms with Crippen LogP contribution in [0.1, 0.15) is 29.4 Å². The Morgan fingerprint density at radius 3 is 3.00 bits per heavy atom. The highest BCUT2D eigenvalue weighted by Gasteiger charge is 2.25. The largest absolute Gasteiger partial charge is 0.395 e. The Bertz CT molecular complexity index is 129. The fourth-order valence-corrected chi connectivity index (χ4v) is 1.19. The smallest absolute Gasteiger partial charge is 0.0584 e. The molecule has 0 aromatic carbocycles. The van der Waals surface area contributed by atoms with Crippen molar-refractivity contribution in [3.63, 3.8) is 0 Å². The van der Waals surface area contributed by atoms with Crippen molar-refractivity contribution in [2.45, 2.75) is 32.7 Å². The van der Waals surface area contributed by atoms with E-state index in [0.717, 1.165) is 12.8 Å². The molecule has 1 atom stereocenters. The average Bonchev–Trinajstić information content (AvgIpc) is 2.18. The van der Waals surface area contributed by atoms with Gasteiger partial charge in [0.2, 0.25) is 0 Å². The van der Waals surface area contributed by atoms with Gasteiger partial charge in [-0.2, -0.15) is 0 Å². The molecule has 1 fully saturated rings. The maximum Gasteiger partial charge on any atom is 0.0584 e. The van der Waals surface area contributed by atoms with E-state index in [1.807, 2.05) is 0 Å². The van der Waals surface area contributed by atoms with Crippen LogP contribution < -0.4 is 5.32 Å². The van der Waals surface area contributed by atoms with E-state index >= 15 is 0 Å². The van der Waals surface area contributed by atoms with Crippen LogP contribution in [0.4, 0.5) is 0 Å². The molecule has 0 spiro atoms. The zero-order valence-electron chi connectivity index (χ0n) is 8.27. The molecule has 0 radical (unpaired) electrons. The van der Waals surface area contributed by atoms with Gasteiger partial charge in [-0.05, 0) is 18.3 Å². The maximum absolute atomic E-state index is 8.85. The molecule has 0 aliphatic carbocycles. The van der Waals surface area contributed by atoms with Gasteiger partial charge in [0.05, 0.1) is 6.61 Å². The second-order valence-corrected chi connectivity index (χ2v) is 3.30. The minimum Gasteiger partial charge on any atom is -0.395 e. The Kier molecular flexibility index (Phi) is 1.60. The summed E-state index contributed by atoms with van der Waals surface area (Å²) in [5.74, 6) is 0. The van der Waals surface area contributed by atoms with Crippen LogP contribution in [0, 0.1) is 5.41 Å². The molecular formula is C8H17NO. The van der Waals surface area contributed by atoms with Crippen molar-refractivity contribution in [2.24, 2.45) is 5.41 Å². The average molecular weight is 145 g/mol. The summed E-state index contributed by atoms with van der Waals surface area (Å²) in [7, 11) is 0. The molecule has 1 unspecified atom stereocenters. The minimum absolute atomic E-state index is 0.147. The predicted octanol–water partition coefficient (Wildman–Crippen LogP) is 0.757. The molecule has 60 valence electrons. The van der Waals surface area contributed by atoms with E-state index in [4.69, 9.17) is 7.85 Å². The third-order valence-corrected chi connectivity index (χ3v) is 2.01. The summed E-state index contributed by atoms with van der Waals surface area (Å²) < 4.78 is 14.7. The van der Waals surface area contributed by atoms with E-state index in [0.29, 0.717) is 20.3 Å². The highest BCUT2D eigenvalue weighted by atomic mass is 16.3. The van der Waals surface area contributed by atoms with Crippen molar-refractivity contribution in [1.82, 2.24) is 5.32 Å². The first kappa shape index (κ1) is 5.56. The first-order valence-corrected chi connectivity index (χ1v) is 3.69. The molecule has 2 N–H and O–H groups in total. The second kappa shape index (κ2) is 2.89. The van der Waals surface area contributed by atoms with Crippen LogP contribution in [0.5, 0.6) is 0 Å². The van der Waals surface area contributed by atoms with Crippen molar-refractivity contribution >= 4 is 0 Å². The van der Waals surface area contributed by atoms with E-state index in [9.17, 15) is 0 Å². The molecule has 2 nitrogen and oxygen atoms in total.